The van der Waals surface area contributed by atoms with Gasteiger partial charge in [-0.1, -0.05) is 30.0 Å². The van der Waals surface area contributed by atoms with Crippen molar-refractivity contribution in [3.63, 3.8) is 0 Å². The first-order valence-electron chi connectivity index (χ1n) is 10.4. The third kappa shape index (κ3) is 5.06. The third-order valence-electron chi connectivity index (χ3n) is 5.27. The van der Waals surface area contributed by atoms with Crippen molar-refractivity contribution in [1.29, 1.82) is 0 Å². The number of fused-ring (bicyclic) bond motifs is 1. The summed E-state index contributed by atoms with van der Waals surface area (Å²) in [4.78, 5) is 32.3. The fraction of sp³-hybridized carbons (Fsp3) is 0.348. The van der Waals surface area contributed by atoms with Crippen LogP contribution in [0.2, 0.25) is 0 Å². The van der Waals surface area contributed by atoms with E-state index < -0.39 is 17.3 Å². The van der Waals surface area contributed by atoms with Gasteiger partial charge in [0.25, 0.3) is 5.56 Å². The molecule has 0 saturated carbocycles. The number of alkyl halides is 3. The number of thioether (sulfide) groups is 1. The lowest BCUT2D eigenvalue weighted by atomic mass is 10.2. The molecule has 1 saturated heterocycles. The van der Waals surface area contributed by atoms with Gasteiger partial charge < -0.3 is 9.64 Å². The van der Waals surface area contributed by atoms with Crippen LogP contribution in [0, 0.1) is 0 Å². The first-order chi connectivity index (χ1) is 15.6. The van der Waals surface area contributed by atoms with E-state index in [0.717, 1.165) is 28.5 Å². The van der Waals surface area contributed by atoms with Gasteiger partial charge in [-0.15, -0.1) is 0 Å². The molecule has 6 nitrogen and oxygen atoms in total. The number of hydrogen-bond donors (Lipinski definition) is 0. The molecule has 3 aromatic rings. The Kier molecular flexibility index (Phi) is 6.49. The highest BCUT2D eigenvalue weighted by Crippen LogP contribution is 2.31. The van der Waals surface area contributed by atoms with Gasteiger partial charge in [0.15, 0.2) is 5.16 Å². The highest BCUT2D eigenvalue weighted by Gasteiger charge is 2.31. The lowest BCUT2D eigenvalue weighted by molar-refractivity contribution is -0.140. The molecule has 1 aliphatic rings. The number of aromatic nitrogens is 2. The van der Waals surface area contributed by atoms with Gasteiger partial charge in [-0.05, 0) is 44.2 Å². The standard InChI is InChI=1S/C23H22F3N3O3S/c1-14-11-28(12-15(2)32-14)20(30)13-33-22-27-19-9-4-3-8-18(19)21(31)29(22)17-7-5-6-16(10-17)23(24,25)26/h3-10,14-15H,11-13H2,1-2H3/t14-,15+. The van der Waals surface area contributed by atoms with Crippen LogP contribution in [0.4, 0.5) is 13.2 Å². The molecule has 1 amide bonds. The Morgan fingerprint density at radius 3 is 2.52 bits per heavy atom. The molecule has 4 rings (SSSR count). The van der Waals surface area contributed by atoms with Gasteiger partial charge in [0.05, 0.1) is 40.1 Å². The lowest BCUT2D eigenvalue weighted by Gasteiger charge is -2.35. The Bertz CT molecular complexity index is 1230. The van der Waals surface area contributed by atoms with Crippen LogP contribution in [-0.4, -0.2) is 51.4 Å². The molecular weight excluding hydrogens is 455 g/mol. The van der Waals surface area contributed by atoms with Crippen molar-refractivity contribution in [3.8, 4) is 5.69 Å². The van der Waals surface area contributed by atoms with Gasteiger partial charge in [-0.3, -0.25) is 14.2 Å². The molecule has 174 valence electrons. The number of benzene rings is 2. The average Bonchev–Trinajstić information content (AvgIpc) is 2.76. The zero-order chi connectivity index (χ0) is 23.8. The van der Waals surface area contributed by atoms with Gasteiger partial charge in [0.2, 0.25) is 5.91 Å². The summed E-state index contributed by atoms with van der Waals surface area (Å²) in [6, 6.07) is 11.1. The number of morpholine rings is 1. The molecule has 33 heavy (non-hydrogen) atoms. The van der Waals surface area contributed by atoms with Gasteiger partial charge >= 0.3 is 6.18 Å². The fourth-order valence-electron chi connectivity index (χ4n) is 3.86. The molecule has 0 bridgehead atoms. The molecular formula is C23H22F3N3O3S. The maximum absolute atomic E-state index is 13.3. The summed E-state index contributed by atoms with van der Waals surface area (Å²) in [7, 11) is 0. The second kappa shape index (κ2) is 9.18. The highest BCUT2D eigenvalue weighted by molar-refractivity contribution is 7.99. The normalized spacial score (nSPS) is 19.1. The average molecular weight is 478 g/mol. The lowest BCUT2D eigenvalue weighted by Crippen LogP contribution is -2.48. The van der Waals surface area contributed by atoms with Crippen molar-refractivity contribution in [2.75, 3.05) is 18.8 Å². The quantitative estimate of drug-likeness (QED) is 0.418. The summed E-state index contributed by atoms with van der Waals surface area (Å²) in [6.45, 7) is 4.68. The Morgan fingerprint density at radius 1 is 1.12 bits per heavy atom. The summed E-state index contributed by atoms with van der Waals surface area (Å²) in [5, 5.41) is 0.433. The Hall–Kier alpha value is -2.85. The van der Waals surface area contributed by atoms with Gasteiger partial charge in [0, 0.05) is 13.1 Å². The molecule has 1 aliphatic heterocycles. The SMILES string of the molecule is C[C@@H]1CN(C(=O)CSc2nc3ccccc3c(=O)n2-c2cccc(C(F)(F)F)c2)C[C@H](C)O1. The van der Waals surface area contributed by atoms with Crippen LogP contribution >= 0.6 is 11.8 Å². The second-order valence-electron chi connectivity index (χ2n) is 7.94. The van der Waals surface area contributed by atoms with Crippen LogP contribution < -0.4 is 5.56 Å². The topological polar surface area (TPSA) is 64.4 Å². The van der Waals surface area contributed by atoms with E-state index in [-0.39, 0.29) is 40.1 Å². The summed E-state index contributed by atoms with van der Waals surface area (Å²) < 4.78 is 46.7. The largest absolute Gasteiger partial charge is 0.416 e. The minimum atomic E-state index is -4.56. The summed E-state index contributed by atoms with van der Waals surface area (Å²) in [5.41, 5.74) is -0.919. The monoisotopic (exact) mass is 477 g/mol. The van der Waals surface area contributed by atoms with Crippen LogP contribution in [0.3, 0.4) is 0 Å². The van der Waals surface area contributed by atoms with E-state index in [1.807, 2.05) is 13.8 Å². The molecule has 2 atom stereocenters. The van der Waals surface area contributed by atoms with Crippen LogP contribution in [0.1, 0.15) is 19.4 Å². The van der Waals surface area contributed by atoms with E-state index in [1.54, 1.807) is 29.2 Å². The second-order valence-corrected chi connectivity index (χ2v) is 8.89. The van der Waals surface area contributed by atoms with E-state index in [2.05, 4.69) is 4.98 Å². The molecule has 10 heteroatoms. The van der Waals surface area contributed by atoms with Crippen molar-refractivity contribution in [2.24, 2.45) is 0 Å². The van der Waals surface area contributed by atoms with Gasteiger partial charge in [-0.25, -0.2) is 4.98 Å². The number of hydrogen-bond acceptors (Lipinski definition) is 5. The molecule has 0 aliphatic carbocycles. The molecule has 0 radical (unpaired) electrons. The zero-order valence-corrected chi connectivity index (χ0v) is 18.8. The molecule has 0 unspecified atom stereocenters. The first kappa shape index (κ1) is 23.3. The number of halogens is 3. The summed E-state index contributed by atoms with van der Waals surface area (Å²) >= 11 is 1.03. The Balaban J connectivity index is 1.72. The van der Waals surface area contributed by atoms with E-state index in [0.29, 0.717) is 18.6 Å². The number of nitrogens with zero attached hydrogens (tertiary/aromatic N) is 3. The zero-order valence-electron chi connectivity index (χ0n) is 18.0. The molecule has 0 spiro atoms. The number of amides is 1. The number of ether oxygens (including phenoxy) is 1. The predicted octanol–water partition coefficient (Wildman–Crippen LogP) is 4.13. The Morgan fingerprint density at radius 2 is 1.82 bits per heavy atom. The number of carbonyl (C=O) groups is 1. The van der Waals surface area contributed by atoms with Crippen LogP contribution in [0.25, 0.3) is 16.6 Å². The first-order valence-corrected chi connectivity index (χ1v) is 11.4. The van der Waals surface area contributed by atoms with Gasteiger partial charge in [0.1, 0.15) is 0 Å². The summed E-state index contributed by atoms with van der Waals surface area (Å²) in [5.74, 6) is -0.164. The van der Waals surface area contributed by atoms with Crippen LogP contribution in [0.15, 0.2) is 58.5 Å². The highest BCUT2D eigenvalue weighted by atomic mass is 32.2. The maximum atomic E-state index is 13.3. The fourth-order valence-corrected chi connectivity index (χ4v) is 4.77. The van der Waals surface area contributed by atoms with E-state index in [9.17, 15) is 22.8 Å². The van der Waals surface area contributed by atoms with Crippen molar-refractivity contribution in [3.05, 3.63) is 64.4 Å². The molecule has 0 N–H and O–H groups in total. The number of para-hydroxylation sites is 1. The smallest absolute Gasteiger partial charge is 0.372 e. The van der Waals surface area contributed by atoms with E-state index in [1.165, 1.54) is 12.1 Å². The van der Waals surface area contributed by atoms with Gasteiger partial charge in [-0.2, -0.15) is 13.2 Å². The molecule has 2 heterocycles. The van der Waals surface area contributed by atoms with Crippen molar-refractivity contribution in [2.45, 2.75) is 37.4 Å². The van der Waals surface area contributed by atoms with Crippen LogP contribution in [0.5, 0.6) is 0 Å². The molecule has 1 fully saturated rings. The van der Waals surface area contributed by atoms with E-state index in [4.69, 9.17) is 4.74 Å². The third-order valence-corrected chi connectivity index (χ3v) is 6.20. The maximum Gasteiger partial charge on any atom is 0.416 e. The Labute approximate surface area is 192 Å². The van der Waals surface area contributed by atoms with Crippen molar-refractivity contribution in [1.82, 2.24) is 14.5 Å². The minimum absolute atomic E-state index is 0.0107. The molecule has 1 aromatic heterocycles. The van der Waals surface area contributed by atoms with Crippen molar-refractivity contribution >= 4 is 28.6 Å². The summed E-state index contributed by atoms with van der Waals surface area (Å²) in [6.07, 6.45) is -4.74. The van der Waals surface area contributed by atoms with Crippen molar-refractivity contribution < 1.29 is 22.7 Å². The van der Waals surface area contributed by atoms with E-state index >= 15 is 0 Å². The number of rotatable bonds is 4. The minimum Gasteiger partial charge on any atom is -0.372 e. The predicted molar refractivity (Wildman–Crippen MR) is 120 cm³/mol. The van der Waals surface area contributed by atoms with Crippen LogP contribution in [-0.2, 0) is 15.7 Å². The number of carbonyl (C=O) groups excluding carboxylic acids is 1. The molecule has 2 aromatic carbocycles.